The van der Waals surface area contributed by atoms with Crippen LogP contribution < -0.4 is 10.6 Å². The Bertz CT molecular complexity index is 211. The molecule has 0 aromatic heterocycles. The van der Waals surface area contributed by atoms with E-state index in [1.807, 2.05) is 6.92 Å². The first kappa shape index (κ1) is 9.97. The predicted octanol–water partition coefficient (Wildman–Crippen LogP) is 1.04. The Kier molecular flexibility index (Phi) is 3.06. The van der Waals surface area contributed by atoms with Gasteiger partial charge in [-0.15, -0.1) is 0 Å². The molecule has 3 nitrogen and oxygen atoms in total. The van der Waals surface area contributed by atoms with Crippen LogP contribution in [0.2, 0.25) is 0 Å². The molecule has 80 valence electrons. The lowest BCUT2D eigenvalue weighted by Gasteiger charge is -2.35. The average molecular weight is 196 g/mol. The molecule has 2 fully saturated rings. The minimum absolute atomic E-state index is 0.0894. The molecule has 0 unspecified atom stereocenters. The molecule has 2 aliphatic rings. The molecule has 14 heavy (non-hydrogen) atoms. The number of rotatable bonds is 1. The zero-order chi connectivity index (χ0) is 9.97. The van der Waals surface area contributed by atoms with E-state index in [1.165, 1.54) is 32.1 Å². The van der Waals surface area contributed by atoms with E-state index < -0.39 is 0 Å². The van der Waals surface area contributed by atoms with E-state index in [0.717, 1.165) is 6.54 Å². The molecule has 1 saturated heterocycles. The minimum Gasteiger partial charge on any atom is -0.351 e. The maximum Gasteiger partial charge on any atom is 0.237 e. The van der Waals surface area contributed by atoms with Gasteiger partial charge in [0.15, 0.2) is 0 Å². The van der Waals surface area contributed by atoms with Gasteiger partial charge in [-0.05, 0) is 25.7 Å². The number of hydrogen-bond donors (Lipinski definition) is 2. The fourth-order valence-corrected chi connectivity index (χ4v) is 2.63. The summed E-state index contributed by atoms with van der Waals surface area (Å²) >= 11 is 0. The van der Waals surface area contributed by atoms with Gasteiger partial charge in [-0.1, -0.05) is 19.3 Å². The third-order valence-corrected chi connectivity index (χ3v) is 3.44. The topological polar surface area (TPSA) is 41.1 Å². The molecule has 0 aromatic rings. The third kappa shape index (κ3) is 2.08. The van der Waals surface area contributed by atoms with E-state index in [2.05, 4.69) is 10.6 Å². The van der Waals surface area contributed by atoms with Crippen molar-refractivity contribution in [3.63, 3.8) is 0 Å². The lowest BCUT2D eigenvalue weighted by atomic mass is 9.83. The van der Waals surface area contributed by atoms with E-state index in [1.54, 1.807) is 0 Å². The molecular formula is C11H20N2O. The molecule has 3 heteroatoms. The van der Waals surface area contributed by atoms with Crippen molar-refractivity contribution < 1.29 is 4.79 Å². The van der Waals surface area contributed by atoms with E-state index in [0.29, 0.717) is 12.0 Å². The van der Waals surface area contributed by atoms with Gasteiger partial charge in [-0.2, -0.15) is 0 Å². The molecule has 1 aliphatic carbocycles. The highest BCUT2D eigenvalue weighted by Crippen LogP contribution is 2.27. The van der Waals surface area contributed by atoms with Gasteiger partial charge in [-0.25, -0.2) is 0 Å². The molecule has 2 rings (SSSR count). The summed E-state index contributed by atoms with van der Waals surface area (Å²) in [5.41, 5.74) is 0. The molecule has 1 aliphatic heterocycles. The van der Waals surface area contributed by atoms with Gasteiger partial charge in [0.1, 0.15) is 0 Å². The van der Waals surface area contributed by atoms with Crippen molar-refractivity contribution in [3.8, 4) is 0 Å². The second-order valence-electron chi connectivity index (χ2n) is 4.69. The van der Waals surface area contributed by atoms with Gasteiger partial charge >= 0.3 is 0 Å². The predicted molar refractivity (Wildman–Crippen MR) is 56.0 cm³/mol. The quantitative estimate of drug-likeness (QED) is 0.658. The lowest BCUT2D eigenvalue weighted by Crippen LogP contribution is -2.59. The van der Waals surface area contributed by atoms with Gasteiger partial charge in [0.25, 0.3) is 0 Å². The van der Waals surface area contributed by atoms with Crippen LogP contribution >= 0.6 is 0 Å². The van der Waals surface area contributed by atoms with E-state index in [9.17, 15) is 4.79 Å². The first-order chi connectivity index (χ1) is 6.77. The first-order valence-corrected chi connectivity index (χ1v) is 5.81. The number of carbonyl (C=O) groups excluding carboxylic acids is 1. The van der Waals surface area contributed by atoms with Gasteiger partial charge in [-0.3, -0.25) is 4.79 Å². The summed E-state index contributed by atoms with van der Waals surface area (Å²) in [6.45, 7) is 2.97. The van der Waals surface area contributed by atoms with Gasteiger partial charge in [0, 0.05) is 12.6 Å². The first-order valence-electron chi connectivity index (χ1n) is 5.81. The van der Waals surface area contributed by atoms with Crippen molar-refractivity contribution in [2.75, 3.05) is 6.54 Å². The Labute approximate surface area is 85.6 Å². The van der Waals surface area contributed by atoms with E-state index in [4.69, 9.17) is 0 Å². The number of amides is 1. The monoisotopic (exact) mass is 196 g/mol. The Balaban J connectivity index is 1.92. The fourth-order valence-electron chi connectivity index (χ4n) is 2.63. The molecule has 1 heterocycles. The average Bonchev–Trinajstić information content (AvgIpc) is 2.19. The summed E-state index contributed by atoms with van der Waals surface area (Å²) in [5, 5.41) is 6.40. The zero-order valence-electron chi connectivity index (χ0n) is 8.88. The van der Waals surface area contributed by atoms with Crippen molar-refractivity contribution in [1.29, 1.82) is 0 Å². The molecule has 1 amide bonds. The molecular weight excluding hydrogens is 176 g/mol. The summed E-state index contributed by atoms with van der Waals surface area (Å²) in [7, 11) is 0. The number of piperazine rings is 1. The van der Waals surface area contributed by atoms with Gasteiger partial charge < -0.3 is 10.6 Å². The Morgan fingerprint density at radius 1 is 1.21 bits per heavy atom. The molecule has 0 radical (unpaired) electrons. The smallest absolute Gasteiger partial charge is 0.237 e. The SMILES string of the molecule is C[C@@H]1CN[C@H](C2CCCCC2)C(=O)N1. The van der Waals surface area contributed by atoms with Gasteiger partial charge in [0.05, 0.1) is 6.04 Å². The maximum absolute atomic E-state index is 11.7. The van der Waals surface area contributed by atoms with Crippen LogP contribution in [-0.4, -0.2) is 24.5 Å². The summed E-state index contributed by atoms with van der Waals surface area (Å²) in [6.07, 6.45) is 6.39. The van der Waals surface area contributed by atoms with Crippen LogP contribution in [0.4, 0.5) is 0 Å². The van der Waals surface area contributed by atoms with Crippen LogP contribution in [0.25, 0.3) is 0 Å². The highest BCUT2D eigenvalue weighted by molar-refractivity contribution is 5.83. The second kappa shape index (κ2) is 4.30. The second-order valence-corrected chi connectivity index (χ2v) is 4.69. The standard InChI is InChI=1S/C11H20N2O/c1-8-7-12-10(11(14)13-8)9-5-3-2-4-6-9/h8-10,12H,2-7H2,1H3,(H,13,14)/t8-,10-/m1/s1. The van der Waals surface area contributed by atoms with Crippen molar-refractivity contribution >= 4 is 5.91 Å². The number of carbonyl (C=O) groups is 1. The fraction of sp³-hybridized carbons (Fsp3) is 0.909. The van der Waals surface area contributed by atoms with Crippen molar-refractivity contribution in [3.05, 3.63) is 0 Å². The highest BCUT2D eigenvalue weighted by atomic mass is 16.2. The summed E-state index contributed by atoms with van der Waals surface area (Å²) in [4.78, 5) is 11.7. The zero-order valence-corrected chi connectivity index (χ0v) is 8.88. The molecule has 2 N–H and O–H groups in total. The van der Waals surface area contributed by atoms with E-state index >= 15 is 0 Å². The summed E-state index contributed by atoms with van der Waals surface area (Å²) in [5.74, 6) is 0.798. The molecule has 0 spiro atoms. The van der Waals surface area contributed by atoms with Crippen LogP contribution in [0.1, 0.15) is 39.0 Å². The van der Waals surface area contributed by atoms with Crippen molar-refractivity contribution in [1.82, 2.24) is 10.6 Å². The van der Waals surface area contributed by atoms with E-state index in [-0.39, 0.29) is 11.9 Å². The number of hydrogen-bond acceptors (Lipinski definition) is 2. The normalized spacial score (nSPS) is 35.4. The largest absolute Gasteiger partial charge is 0.351 e. The van der Waals surface area contributed by atoms with Crippen LogP contribution in [-0.2, 0) is 4.79 Å². The third-order valence-electron chi connectivity index (χ3n) is 3.44. The van der Waals surface area contributed by atoms with Crippen LogP contribution in [0.5, 0.6) is 0 Å². The van der Waals surface area contributed by atoms with Gasteiger partial charge in [0.2, 0.25) is 5.91 Å². The lowest BCUT2D eigenvalue weighted by molar-refractivity contribution is -0.127. The molecule has 2 atom stereocenters. The Morgan fingerprint density at radius 3 is 2.57 bits per heavy atom. The van der Waals surface area contributed by atoms with Crippen molar-refractivity contribution in [2.45, 2.75) is 51.1 Å². The highest BCUT2D eigenvalue weighted by Gasteiger charge is 2.32. The maximum atomic E-state index is 11.7. The van der Waals surface area contributed by atoms with Crippen LogP contribution in [0.3, 0.4) is 0 Å². The molecule has 0 bridgehead atoms. The van der Waals surface area contributed by atoms with Crippen molar-refractivity contribution in [2.24, 2.45) is 5.92 Å². The minimum atomic E-state index is 0.0894. The Morgan fingerprint density at radius 2 is 1.93 bits per heavy atom. The molecule has 1 saturated carbocycles. The van der Waals surface area contributed by atoms with Crippen LogP contribution in [0.15, 0.2) is 0 Å². The number of nitrogens with one attached hydrogen (secondary N) is 2. The Hall–Kier alpha value is -0.570. The summed E-state index contributed by atoms with van der Waals surface area (Å²) < 4.78 is 0. The molecule has 0 aromatic carbocycles. The van der Waals surface area contributed by atoms with Crippen LogP contribution in [0, 0.1) is 5.92 Å². The summed E-state index contributed by atoms with van der Waals surface area (Å²) in [6, 6.07) is 0.383.